The summed E-state index contributed by atoms with van der Waals surface area (Å²) in [5.74, 6) is 7.64. The predicted molar refractivity (Wildman–Crippen MR) is 115 cm³/mol. The van der Waals surface area contributed by atoms with E-state index < -0.39 is 0 Å². The van der Waals surface area contributed by atoms with Crippen molar-refractivity contribution in [2.75, 3.05) is 41.9 Å². The molecule has 10 nitrogen and oxygen atoms in total. The van der Waals surface area contributed by atoms with E-state index in [0.29, 0.717) is 31.1 Å². The van der Waals surface area contributed by atoms with E-state index >= 15 is 0 Å². The summed E-state index contributed by atoms with van der Waals surface area (Å²) in [5, 5.41) is 3.22. The lowest BCUT2D eigenvalue weighted by Crippen LogP contribution is -2.37. The average Bonchev–Trinajstić information content (AvgIpc) is 3.24. The summed E-state index contributed by atoms with van der Waals surface area (Å²) in [6.45, 7) is 2.73. The second kappa shape index (κ2) is 7.93. The molecule has 0 spiro atoms. The molecule has 0 saturated carbocycles. The van der Waals surface area contributed by atoms with Gasteiger partial charge in [0, 0.05) is 24.3 Å². The number of morpholine rings is 1. The Morgan fingerprint density at radius 1 is 0.900 bits per heavy atom. The van der Waals surface area contributed by atoms with Gasteiger partial charge < -0.3 is 19.9 Å². The Labute approximate surface area is 172 Å². The van der Waals surface area contributed by atoms with Crippen molar-refractivity contribution in [2.45, 2.75) is 0 Å². The van der Waals surface area contributed by atoms with Gasteiger partial charge in [0.15, 0.2) is 0 Å². The summed E-state index contributed by atoms with van der Waals surface area (Å²) in [4.78, 5) is 23.2. The summed E-state index contributed by atoms with van der Waals surface area (Å²) in [7, 11) is 0. The lowest BCUT2D eigenvalue weighted by molar-refractivity contribution is 0.122. The number of anilines is 4. The zero-order valence-corrected chi connectivity index (χ0v) is 16.2. The van der Waals surface area contributed by atoms with Gasteiger partial charge in [0.2, 0.25) is 17.8 Å². The Morgan fingerprint density at radius 3 is 2.43 bits per heavy atom. The lowest BCUT2D eigenvalue weighted by atomic mass is 10.2. The monoisotopic (exact) mass is 403 g/mol. The molecule has 1 saturated heterocycles. The number of nitrogens with two attached hydrogens (primary N) is 1. The van der Waals surface area contributed by atoms with E-state index in [-0.39, 0.29) is 0 Å². The normalized spacial score (nSPS) is 14.1. The molecule has 1 aliphatic rings. The van der Waals surface area contributed by atoms with Gasteiger partial charge in [-0.15, -0.1) is 0 Å². The average molecular weight is 403 g/mol. The first-order valence-electron chi connectivity index (χ1n) is 9.66. The van der Waals surface area contributed by atoms with Crippen molar-refractivity contribution in [3.05, 3.63) is 48.5 Å². The number of fused-ring (bicyclic) bond motifs is 1. The number of ether oxygens (including phenoxy) is 1. The Morgan fingerprint density at radius 2 is 1.67 bits per heavy atom. The highest BCUT2D eigenvalue weighted by Gasteiger charge is 2.16. The predicted octanol–water partition coefficient (Wildman–Crippen LogP) is 2.28. The molecule has 0 amide bonds. The van der Waals surface area contributed by atoms with E-state index in [4.69, 9.17) is 10.6 Å². The molecule has 1 aliphatic heterocycles. The molecule has 30 heavy (non-hydrogen) atoms. The van der Waals surface area contributed by atoms with E-state index in [1.54, 1.807) is 0 Å². The zero-order valence-electron chi connectivity index (χ0n) is 16.2. The highest BCUT2D eigenvalue weighted by Crippen LogP contribution is 2.24. The second-order valence-electron chi connectivity index (χ2n) is 6.83. The fraction of sp³-hybridized carbons (Fsp3) is 0.200. The van der Waals surface area contributed by atoms with Crippen LogP contribution in [-0.2, 0) is 4.74 Å². The first-order chi connectivity index (χ1) is 14.8. The van der Waals surface area contributed by atoms with E-state index in [1.807, 2.05) is 53.4 Å². The van der Waals surface area contributed by atoms with Gasteiger partial charge in [-0.3, -0.25) is 5.43 Å². The molecule has 2 aromatic carbocycles. The third-order valence-electron chi connectivity index (χ3n) is 4.85. The quantitative estimate of drug-likeness (QED) is 0.293. The number of para-hydroxylation sites is 2. The fourth-order valence-electron chi connectivity index (χ4n) is 3.32. The zero-order chi connectivity index (χ0) is 20.3. The van der Waals surface area contributed by atoms with E-state index in [0.717, 1.165) is 41.2 Å². The first kappa shape index (κ1) is 18.3. The molecule has 3 heterocycles. The van der Waals surface area contributed by atoms with Gasteiger partial charge in [0.25, 0.3) is 0 Å². The molecule has 10 heteroatoms. The largest absolute Gasteiger partial charge is 0.378 e. The molecule has 4 aromatic rings. The molecule has 2 aromatic heterocycles. The smallest absolute Gasteiger partial charge is 0.243 e. The van der Waals surface area contributed by atoms with Crippen LogP contribution in [0.1, 0.15) is 0 Å². The minimum Gasteiger partial charge on any atom is -0.378 e. The van der Waals surface area contributed by atoms with Crippen molar-refractivity contribution in [1.29, 1.82) is 0 Å². The number of nitrogens with one attached hydrogen (secondary N) is 3. The molecule has 5 N–H and O–H groups in total. The number of aromatic nitrogens is 5. The summed E-state index contributed by atoms with van der Waals surface area (Å²) in [6.07, 6.45) is 0. The molecule has 0 unspecified atom stereocenters. The highest BCUT2D eigenvalue weighted by atomic mass is 16.5. The van der Waals surface area contributed by atoms with Crippen molar-refractivity contribution in [2.24, 2.45) is 5.84 Å². The van der Waals surface area contributed by atoms with Gasteiger partial charge in [-0.2, -0.15) is 15.0 Å². The molecular weight excluding hydrogens is 382 g/mol. The molecule has 1 fully saturated rings. The Balaban J connectivity index is 1.37. The fourth-order valence-corrected chi connectivity index (χ4v) is 3.32. The standard InChI is InChI=1S/C20H21N9O/c21-28-19-25-18(26-20(27-19)29-9-11-30-12-10-29)22-14-7-5-13(6-8-14)17-23-15-3-1-2-4-16(15)24-17/h1-8H,9-12,21H2,(H,23,24)(H2,22,25,26,27,28). The summed E-state index contributed by atoms with van der Waals surface area (Å²) in [5.41, 5.74) is 6.29. The number of nitrogen functional groups attached to an aromatic ring is 1. The Kier molecular flexibility index (Phi) is 4.83. The molecule has 0 radical (unpaired) electrons. The topological polar surface area (TPSA) is 130 Å². The number of hydrogen-bond donors (Lipinski definition) is 4. The molecule has 152 valence electrons. The van der Waals surface area contributed by atoms with Crippen LogP contribution in [0.5, 0.6) is 0 Å². The van der Waals surface area contributed by atoms with Gasteiger partial charge in [-0.05, 0) is 36.4 Å². The number of rotatable bonds is 5. The van der Waals surface area contributed by atoms with Crippen molar-refractivity contribution >= 4 is 34.6 Å². The molecular formula is C20H21N9O. The van der Waals surface area contributed by atoms with Crippen LogP contribution in [0.2, 0.25) is 0 Å². The number of H-pyrrole nitrogens is 1. The number of aromatic amines is 1. The minimum atomic E-state index is 0.299. The maximum Gasteiger partial charge on any atom is 0.243 e. The maximum absolute atomic E-state index is 5.54. The third-order valence-corrected chi connectivity index (χ3v) is 4.85. The van der Waals surface area contributed by atoms with E-state index in [9.17, 15) is 0 Å². The minimum absolute atomic E-state index is 0.299. The third kappa shape index (κ3) is 3.73. The van der Waals surface area contributed by atoms with Crippen LogP contribution in [0.15, 0.2) is 48.5 Å². The number of hydrogen-bond acceptors (Lipinski definition) is 9. The lowest BCUT2D eigenvalue weighted by Gasteiger charge is -2.27. The Bertz CT molecular complexity index is 1120. The van der Waals surface area contributed by atoms with Gasteiger partial charge in [-0.25, -0.2) is 10.8 Å². The van der Waals surface area contributed by atoms with Crippen LogP contribution in [0.4, 0.5) is 23.5 Å². The van der Waals surface area contributed by atoms with Gasteiger partial charge in [0.1, 0.15) is 5.82 Å². The van der Waals surface area contributed by atoms with Crippen molar-refractivity contribution in [3.63, 3.8) is 0 Å². The summed E-state index contributed by atoms with van der Waals surface area (Å²) >= 11 is 0. The van der Waals surface area contributed by atoms with Crippen LogP contribution in [-0.4, -0.2) is 51.2 Å². The number of nitrogens with zero attached hydrogens (tertiary/aromatic N) is 5. The number of hydrazine groups is 1. The molecule has 0 atom stereocenters. The Hall–Kier alpha value is -3.76. The SMILES string of the molecule is NNc1nc(Nc2ccc(-c3nc4ccccc4[nH]3)cc2)nc(N2CCOCC2)n1. The molecule has 0 bridgehead atoms. The highest BCUT2D eigenvalue weighted by molar-refractivity contribution is 5.79. The van der Waals surface area contributed by atoms with Crippen LogP contribution in [0.3, 0.4) is 0 Å². The van der Waals surface area contributed by atoms with Gasteiger partial charge in [-0.1, -0.05) is 12.1 Å². The van der Waals surface area contributed by atoms with Crippen molar-refractivity contribution in [1.82, 2.24) is 24.9 Å². The number of benzene rings is 2. The first-order valence-corrected chi connectivity index (χ1v) is 9.66. The van der Waals surface area contributed by atoms with Gasteiger partial charge >= 0.3 is 0 Å². The van der Waals surface area contributed by atoms with Crippen LogP contribution >= 0.6 is 0 Å². The van der Waals surface area contributed by atoms with Crippen LogP contribution < -0.4 is 21.5 Å². The van der Waals surface area contributed by atoms with E-state index in [2.05, 4.69) is 35.7 Å². The number of imidazole rings is 1. The maximum atomic E-state index is 5.54. The second-order valence-corrected chi connectivity index (χ2v) is 6.83. The van der Waals surface area contributed by atoms with Crippen LogP contribution in [0.25, 0.3) is 22.4 Å². The summed E-state index contributed by atoms with van der Waals surface area (Å²) < 4.78 is 5.39. The van der Waals surface area contributed by atoms with E-state index in [1.165, 1.54) is 0 Å². The molecule has 0 aliphatic carbocycles. The molecule has 5 rings (SSSR count). The van der Waals surface area contributed by atoms with Crippen LogP contribution in [0, 0.1) is 0 Å². The van der Waals surface area contributed by atoms with Crippen molar-refractivity contribution < 1.29 is 4.74 Å². The van der Waals surface area contributed by atoms with Crippen molar-refractivity contribution in [3.8, 4) is 11.4 Å². The van der Waals surface area contributed by atoms with Gasteiger partial charge in [0.05, 0.1) is 24.2 Å². The summed E-state index contributed by atoms with van der Waals surface area (Å²) in [6, 6.07) is 15.9.